The van der Waals surface area contributed by atoms with Crippen molar-refractivity contribution in [3.63, 3.8) is 0 Å². The van der Waals surface area contributed by atoms with Gasteiger partial charge in [0.25, 0.3) is 0 Å². The van der Waals surface area contributed by atoms with Crippen LogP contribution in [-0.4, -0.2) is 35.4 Å². The summed E-state index contributed by atoms with van der Waals surface area (Å²) in [6, 6.07) is 15.6. The first-order valence-electron chi connectivity index (χ1n) is 12.9. The lowest BCUT2D eigenvalue weighted by molar-refractivity contribution is -0.105. The Balaban J connectivity index is 0.000000194. The molecule has 1 saturated heterocycles. The second-order valence-electron chi connectivity index (χ2n) is 9.78. The van der Waals surface area contributed by atoms with E-state index >= 15 is 0 Å². The van der Waals surface area contributed by atoms with E-state index < -0.39 is 11.4 Å². The van der Waals surface area contributed by atoms with E-state index in [9.17, 15) is 14.0 Å². The highest BCUT2D eigenvalue weighted by atomic mass is 35.5. The van der Waals surface area contributed by atoms with Crippen molar-refractivity contribution in [3.8, 4) is 0 Å². The number of hydrogen-bond acceptors (Lipinski definition) is 4. The molecule has 1 saturated carbocycles. The Morgan fingerprint density at radius 2 is 1.76 bits per heavy atom. The van der Waals surface area contributed by atoms with Gasteiger partial charge in [0, 0.05) is 36.2 Å². The molecule has 2 heterocycles. The number of nitrogens with one attached hydrogen (secondary N) is 2. The molecule has 38 heavy (non-hydrogen) atoms. The van der Waals surface area contributed by atoms with E-state index in [4.69, 9.17) is 17.3 Å². The van der Waals surface area contributed by atoms with Crippen LogP contribution in [0.1, 0.15) is 49.7 Å². The summed E-state index contributed by atoms with van der Waals surface area (Å²) in [5.74, 6) is 0.271. The lowest BCUT2D eigenvalue weighted by atomic mass is 9.79. The number of carbonyl (C=O) groups is 2. The molecule has 1 aromatic heterocycles. The fourth-order valence-electron chi connectivity index (χ4n) is 4.58. The van der Waals surface area contributed by atoms with Crippen LogP contribution in [-0.2, 0) is 10.3 Å². The highest BCUT2D eigenvalue weighted by Gasteiger charge is 2.33. The van der Waals surface area contributed by atoms with Gasteiger partial charge in [-0.3, -0.25) is 9.78 Å². The average molecular weight is 538 g/mol. The van der Waals surface area contributed by atoms with Crippen LogP contribution in [0, 0.1) is 11.7 Å². The minimum Gasteiger partial charge on any atom is -0.326 e. The van der Waals surface area contributed by atoms with E-state index in [-0.39, 0.29) is 11.7 Å². The number of likely N-dealkylation sites (tertiary alicyclic amines) is 1. The van der Waals surface area contributed by atoms with Gasteiger partial charge in [0.2, 0.25) is 6.41 Å². The number of pyridine rings is 1. The van der Waals surface area contributed by atoms with Gasteiger partial charge in [-0.25, -0.2) is 9.18 Å². The Bertz CT molecular complexity index is 1220. The normalized spacial score (nSPS) is 16.1. The lowest BCUT2D eigenvalue weighted by Crippen LogP contribution is -2.38. The van der Waals surface area contributed by atoms with Crippen LogP contribution in [0.3, 0.4) is 0 Å². The predicted molar refractivity (Wildman–Crippen MR) is 149 cm³/mol. The quantitative estimate of drug-likeness (QED) is 0.300. The molecule has 0 spiro atoms. The van der Waals surface area contributed by atoms with Gasteiger partial charge in [-0.15, -0.1) is 0 Å². The number of benzene rings is 2. The molecule has 1 atom stereocenters. The van der Waals surface area contributed by atoms with Gasteiger partial charge in [-0.2, -0.15) is 0 Å². The number of urea groups is 1. The molecule has 2 fully saturated rings. The lowest BCUT2D eigenvalue weighted by Gasteiger charge is -2.31. The highest BCUT2D eigenvalue weighted by molar-refractivity contribution is 6.30. The Hall–Kier alpha value is -3.49. The molecule has 1 aliphatic carbocycles. The molecule has 2 aromatic carbocycles. The smallest absolute Gasteiger partial charge is 0.321 e. The second kappa shape index (κ2) is 12.8. The zero-order valence-corrected chi connectivity index (χ0v) is 22.0. The number of aromatic nitrogens is 1. The molecule has 1 aliphatic heterocycles. The number of carbonyl (C=O) groups excluding carboxylic acids is 2. The first-order chi connectivity index (χ1) is 18.4. The first-order valence-corrected chi connectivity index (χ1v) is 13.3. The second-order valence-corrected chi connectivity index (χ2v) is 10.2. The van der Waals surface area contributed by atoms with Gasteiger partial charge in [-0.1, -0.05) is 30.5 Å². The third-order valence-electron chi connectivity index (χ3n) is 7.02. The van der Waals surface area contributed by atoms with Crippen LogP contribution in [0.25, 0.3) is 0 Å². The summed E-state index contributed by atoms with van der Waals surface area (Å²) in [6.07, 6.45) is 10.4. The number of nitrogens with two attached hydrogens (primary N) is 1. The molecule has 0 bridgehead atoms. The van der Waals surface area contributed by atoms with Gasteiger partial charge in [0.05, 0.1) is 11.2 Å². The average Bonchev–Trinajstić information content (AvgIpc) is 3.60. The minimum absolute atomic E-state index is 0.0187. The third-order valence-corrected chi connectivity index (χ3v) is 7.28. The van der Waals surface area contributed by atoms with Crippen LogP contribution in [0.4, 0.5) is 20.6 Å². The molecule has 4 N–H and O–H groups in total. The maximum absolute atomic E-state index is 13.8. The molecular formula is C29H33ClFN5O2. The van der Waals surface area contributed by atoms with Crippen molar-refractivity contribution in [1.29, 1.82) is 0 Å². The molecule has 3 amide bonds. The number of hydrogen-bond donors (Lipinski definition) is 3. The van der Waals surface area contributed by atoms with Crippen molar-refractivity contribution in [3.05, 3.63) is 89.0 Å². The van der Waals surface area contributed by atoms with E-state index in [1.54, 1.807) is 48.8 Å². The maximum atomic E-state index is 13.8. The Kier molecular flexibility index (Phi) is 9.31. The number of rotatable bonds is 8. The number of amides is 3. The molecule has 7 nitrogen and oxygen atoms in total. The molecule has 1 unspecified atom stereocenters. The molecule has 2 aliphatic rings. The number of nitrogens with zero attached hydrogens (tertiary/aromatic N) is 2. The van der Waals surface area contributed by atoms with E-state index in [2.05, 4.69) is 15.6 Å². The summed E-state index contributed by atoms with van der Waals surface area (Å²) in [5.41, 5.74) is 8.70. The Morgan fingerprint density at radius 3 is 2.39 bits per heavy atom. The number of halogens is 2. The monoisotopic (exact) mass is 537 g/mol. The summed E-state index contributed by atoms with van der Waals surface area (Å²) < 4.78 is 13.8. The Morgan fingerprint density at radius 1 is 1.08 bits per heavy atom. The minimum atomic E-state index is -0.724. The van der Waals surface area contributed by atoms with Crippen molar-refractivity contribution >= 4 is 35.4 Å². The van der Waals surface area contributed by atoms with Gasteiger partial charge in [-0.05, 0) is 91.3 Å². The van der Waals surface area contributed by atoms with Crippen LogP contribution in [0.15, 0.2) is 67.0 Å². The van der Waals surface area contributed by atoms with E-state index in [1.165, 1.54) is 18.9 Å². The third kappa shape index (κ3) is 7.30. The van der Waals surface area contributed by atoms with E-state index in [0.717, 1.165) is 61.5 Å². The largest absolute Gasteiger partial charge is 0.326 e. The molecule has 9 heteroatoms. The maximum Gasteiger partial charge on any atom is 0.321 e. The zero-order chi connectivity index (χ0) is 27.0. The topological polar surface area (TPSA) is 100 Å². The molecule has 3 aromatic rings. The van der Waals surface area contributed by atoms with Gasteiger partial charge >= 0.3 is 6.03 Å². The highest BCUT2D eigenvalue weighted by Crippen LogP contribution is 2.40. The predicted octanol–water partition coefficient (Wildman–Crippen LogP) is 6.15. The molecule has 0 radical (unpaired) electrons. The fraction of sp³-hybridized carbons (Fsp3) is 0.345. The van der Waals surface area contributed by atoms with Crippen molar-refractivity contribution in [1.82, 2.24) is 9.88 Å². The van der Waals surface area contributed by atoms with Crippen molar-refractivity contribution in [2.24, 2.45) is 11.7 Å². The molecule has 5 rings (SSSR count). The summed E-state index contributed by atoms with van der Waals surface area (Å²) in [5, 5.41) is 5.91. The fourth-order valence-corrected chi connectivity index (χ4v) is 4.70. The molecular weight excluding hydrogens is 505 g/mol. The van der Waals surface area contributed by atoms with Crippen molar-refractivity contribution < 1.29 is 14.0 Å². The van der Waals surface area contributed by atoms with Crippen LogP contribution >= 0.6 is 11.6 Å². The SMILES string of the molecule is NC(CCC1CC1)(c1ccncc1)c1ccc(F)c(NC=O)c1.O=C(Nc1ccc(Cl)cc1)N1CCCC1. The van der Waals surface area contributed by atoms with Crippen LogP contribution in [0.2, 0.25) is 5.02 Å². The van der Waals surface area contributed by atoms with Crippen molar-refractivity contribution in [2.45, 2.75) is 44.1 Å². The Labute approximate surface area is 227 Å². The van der Waals surface area contributed by atoms with Gasteiger partial charge in [0.15, 0.2) is 0 Å². The summed E-state index contributed by atoms with van der Waals surface area (Å²) in [4.78, 5) is 28.2. The molecule has 200 valence electrons. The standard InChI is InChI=1S/C18H20FN3O.C11H13ClN2O/c19-16-4-3-15(11-17(16)22-12-23)18(20,8-5-13-1-2-13)14-6-9-21-10-7-14;12-9-3-5-10(6-4-9)13-11(15)14-7-1-2-8-14/h3-4,6-7,9-13H,1-2,5,8,20H2,(H,22,23);3-6H,1-2,7-8H2,(H,13,15). The van der Waals surface area contributed by atoms with Crippen molar-refractivity contribution in [2.75, 3.05) is 23.7 Å². The van der Waals surface area contributed by atoms with E-state index in [0.29, 0.717) is 11.4 Å². The summed E-state index contributed by atoms with van der Waals surface area (Å²) in [6.45, 7) is 1.72. The number of anilines is 2. The van der Waals surface area contributed by atoms with Crippen LogP contribution in [0.5, 0.6) is 0 Å². The summed E-state index contributed by atoms with van der Waals surface area (Å²) in [7, 11) is 0. The summed E-state index contributed by atoms with van der Waals surface area (Å²) >= 11 is 5.75. The van der Waals surface area contributed by atoms with Crippen LogP contribution < -0.4 is 16.4 Å². The first kappa shape index (κ1) is 27.5. The van der Waals surface area contributed by atoms with Gasteiger partial charge in [0.1, 0.15) is 5.82 Å². The van der Waals surface area contributed by atoms with E-state index in [1.807, 2.05) is 17.0 Å². The zero-order valence-electron chi connectivity index (χ0n) is 21.2. The van der Waals surface area contributed by atoms with Gasteiger partial charge < -0.3 is 21.3 Å².